The van der Waals surface area contributed by atoms with Crippen LogP contribution < -0.4 is 10.2 Å². The van der Waals surface area contributed by atoms with Crippen LogP contribution in [0, 0.1) is 0 Å². The molecule has 6 nitrogen and oxygen atoms in total. The van der Waals surface area contributed by atoms with Crippen LogP contribution in [0.3, 0.4) is 0 Å². The van der Waals surface area contributed by atoms with Gasteiger partial charge in [-0.3, -0.25) is 9.78 Å². The Hall–Kier alpha value is -3.28. The SMILES string of the molecule is O=C(NCc1ccncc1)c1ccnc(N2CCCc3ccccc32)n1. The molecule has 6 heteroatoms. The molecule has 0 aliphatic carbocycles. The summed E-state index contributed by atoms with van der Waals surface area (Å²) in [4.78, 5) is 27.4. The number of para-hydroxylation sites is 1. The van der Waals surface area contributed by atoms with Crippen LogP contribution in [0.4, 0.5) is 11.6 Å². The lowest BCUT2D eigenvalue weighted by Gasteiger charge is -2.29. The van der Waals surface area contributed by atoms with Crippen LogP contribution in [-0.4, -0.2) is 27.4 Å². The van der Waals surface area contributed by atoms with Crippen molar-refractivity contribution in [3.63, 3.8) is 0 Å². The number of benzene rings is 1. The van der Waals surface area contributed by atoms with Gasteiger partial charge in [-0.2, -0.15) is 0 Å². The van der Waals surface area contributed by atoms with Crippen molar-refractivity contribution in [3.05, 3.63) is 77.9 Å². The van der Waals surface area contributed by atoms with E-state index in [0.29, 0.717) is 18.2 Å². The first kappa shape index (κ1) is 16.2. The summed E-state index contributed by atoms with van der Waals surface area (Å²) in [6, 6.07) is 13.7. The number of rotatable bonds is 4. The maximum atomic E-state index is 12.5. The standard InChI is InChI=1S/C20H19N5O/c26-19(23-14-15-7-10-21-11-8-15)17-9-12-22-20(24-17)25-13-3-5-16-4-1-2-6-18(16)25/h1-2,4,6-12H,3,5,13-14H2,(H,23,26). The van der Waals surface area contributed by atoms with Gasteiger partial charge in [0.15, 0.2) is 0 Å². The summed E-state index contributed by atoms with van der Waals surface area (Å²) in [7, 11) is 0. The Morgan fingerprint density at radius 1 is 1.08 bits per heavy atom. The Kier molecular flexibility index (Phi) is 4.55. The van der Waals surface area contributed by atoms with Crippen molar-refractivity contribution in [1.29, 1.82) is 0 Å². The van der Waals surface area contributed by atoms with Gasteiger partial charge < -0.3 is 10.2 Å². The van der Waals surface area contributed by atoms with E-state index in [1.165, 1.54) is 5.56 Å². The average Bonchev–Trinajstić information content (AvgIpc) is 2.72. The van der Waals surface area contributed by atoms with Crippen molar-refractivity contribution in [2.45, 2.75) is 19.4 Å². The predicted molar refractivity (Wildman–Crippen MR) is 99.2 cm³/mol. The van der Waals surface area contributed by atoms with Gasteiger partial charge >= 0.3 is 0 Å². The quantitative estimate of drug-likeness (QED) is 0.787. The van der Waals surface area contributed by atoms with Gasteiger partial charge in [0.2, 0.25) is 5.95 Å². The predicted octanol–water partition coefficient (Wildman–Crippen LogP) is 2.89. The summed E-state index contributed by atoms with van der Waals surface area (Å²) in [5.74, 6) is 0.351. The van der Waals surface area contributed by atoms with E-state index in [1.807, 2.05) is 24.3 Å². The van der Waals surface area contributed by atoms with Crippen molar-refractivity contribution in [1.82, 2.24) is 20.3 Å². The van der Waals surface area contributed by atoms with Crippen LogP contribution in [0.2, 0.25) is 0 Å². The Balaban J connectivity index is 1.53. The van der Waals surface area contributed by atoms with Crippen LogP contribution in [0.15, 0.2) is 61.1 Å². The number of aryl methyl sites for hydroxylation is 1. The van der Waals surface area contributed by atoms with E-state index < -0.39 is 0 Å². The van der Waals surface area contributed by atoms with E-state index in [9.17, 15) is 4.79 Å². The fraction of sp³-hybridized carbons (Fsp3) is 0.200. The molecule has 1 aliphatic heterocycles. The number of hydrogen-bond donors (Lipinski definition) is 1. The second kappa shape index (κ2) is 7.31. The zero-order valence-corrected chi connectivity index (χ0v) is 14.3. The molecule has 0 saturated heterocycles. The van der Waals surface area contributed by atoms with Crippen molar-refractivity contribution in [2.75, 3.05) is 11.4 Å². The molecule has 1 aromatic carbocycles. The van der Waals surface area contributed by atoms with Crippen molar-refractivity contribution in [3.8, 4) is 0 Å². The Morgan fingerprint density at radius 3 is 2.81 bits per heavy atom. The molecule has 0 radical (unpaired) electrons. The van der Waals surface area contributed by atoms with E-state index in [2.05, 4.69) is 37.3 Å². The molecule has 0 bridgehead atoms. The molecule has 26 heavy (non-hydrogen) atoms. The molecule has 0 spiro atoms. The number of nitrogens with zero attached hydrogens (tertiary/aromatic N) is 4. The van der Waals surface area contributed by atoms with E-state index in [0.717, 1.165) is 30.6 Å². The molecule has 1 aliphatic rings. The molecule has 3 heterocycles. The summed E-state index contributed by atoms with van der Waals surface area (Å²) in [5, 5.41) is 2.89. The Morgan fingerprint density at radius 2 is 1.92 bits per heavy atom. The minimum Gasteiger partial charge on any atom is -0.347 e. The lowest BCUT2D eigenvalue weighted by molar-refractivity contribution is 0.0946. The number of amides is 1. The lowest BCUT2D eigenvalue weighted by Crippen LogP contribution is -2.28. The van der Waals surface area contributed by atoms with Gasteiger partial charge in [0.25, 0.3) is 5.91 Å². The number of fused-ring (bicyclic) bond motifs is 1. The molecular weight excluding hydrogens is 326 g/mol. The minimum atomic E-state index is -0.212. The van der Waals surface area contributed by atoms with Crippen LogP contribution in [-0.2, 0) is 13.0 Å². The topological polar surface area (TPSA) is 71.0 Å². The zero-order chi connectivity index (χ0) is 17.8. The minimum absolute atomic E-state index is 0.212. The fourth-order valence-corrected chi connectivity index (χ4v) is 3.12. The van der Waals surface area contributed by atoms with Crippen LogP contribution in [0.1, 0.15) is 28.0 Å². The number of carbonyl (C=O) groups is 1. The first-order chi connectivity index (χ1) is 12.8. The maximum absolute atomic E-state index is 12.5. The number of anilines is 2. The van der Waals surface area contributed by atoms with Gasteiger partial charge in [-0.25, -0.2) is 9.97 Å². The number of pyridine rings is 1. The van der Waals surface area contributed by atoms with Crippen LogP contribution in [0.25, 0.3) is 0 Å². The van der Waals surface area contributed by atoms with E-state index >= 15 is 0 Å². The summed E-state index contributed by atoms with van der Waals surface area (Å²) in [6.07, 6.45) is 7.15. The number of nitrogens with one attached hydrogen (secondary N) is 1. The second-order valence-electron chi connectivity index (χ2n) is 6.16. The van der Waals surface area contributed by atoms with Gasteiger partial charge in [0.1, 0.15) is 5.69 Å². The normalized spacial score (nSPS) is 13.2. The summed E-state index contributed by atoms with van der Waals surface area (Å²) in [6.45, 7) is 1.28. The lowest BCUT2D eigenvalue weighted by atomic mass is 10.0. The zero-order valence-electron chi connectivity index (χ0n) is 14.3. The maximum Gasteiger partial charge on any atom is 0.270 e. The smallest absolute Gasteiger partial charge is 0.270 e. The van der Waals surface area contributed by atoms with Crippen LogP contribution in [0.5, 0.6) is 0 Å². The molecule has 4 rings (SSSR count). The van der Waals surface area contributed by atoms with E-state index in [4.69, 9.17) is 0 Å². The first-order valence-electron chi connectivity index (χ1n) is 8.67. The molecule has 0 unspecified atom stereocenters. The van der Waals surface area contributed by atoms with Crippen molar-refractivity contribution >= 4 is 17.5 Å². The molecule has 1 N–H and O–H groups in total. The van der Waals surface area contributed by atoms with E-state index in [1.54, 1.807) is 24.7 Å². The average molecular weight is 345 g/mol. The van der Waals surface area contributed by atoms with Gasteiger partial charge in [-0.05, 0) is 48.2 Å². The molecule has 0 saturated carbocycles. The molecule has 130 valence electrons. The highest BCUT2D eigenvalue weighted by Gasteiger charge is 2.20. The highest BCUT2D eigenvalue weighted by molar-refractivity contribution is 5.92. The number of aromatic nitrogens is 3. The first-order valence-corrected chi connectivity index (χ1v) is 8.67. The number of carbonyl (C=O) groups excluding carboxylic acids is 1. The summed E-state index contributed by atoms with van der Waals surface area (Å²) >= 11 is 0. The van der Waals surface area contributed by atoms with Crippen LogP contribution >= 0.6 is 0 Å². The second-order valence-corrected chi connectivity index (χ2v) is 6.16. The Bertz CT molecular complexity index is 913. The molecule has 2 aromatic heterocycles. The molecule has 3 aromatic rings. The summed E-state index contributed by atoms with van der Waals surface area (Å²) < 4.78 is 0. The molecule has 0 fully saturated rings. The van der Waals surface area contributed by atoms with Gasteiger partial charge in [0.05, 0.1) is 0 Å². The highest BCUT2D eigenvalue weighted by atomic mass is 16.1. The monoisotopic (exact) mass is 345 g/mol. The largest absolute Gasteiger partial charge is 0.347 e. The van der Waals surface area contributed by atoms with Gasteiger partial charge in [-0.15, -0.1) is 0 Å². The van der Waals surface area contributed by atoms with E-state index in [-0.39, 0.29) is 5.91 Å². The third kappa shape index (κ3) is 3.39. The Labute approximate surface area is 151 Å². The fourth-order valence-electron chi connectivity index (χ4n) is 3.12. The summed E-state index contributed by atoms with van der Waals surface area (Å²) in [5.41, 5.74) is 3.77. The van der Waals surface area contributed by atoms with Gasteiger partial charge in [0, 0.05) is 37.4 Å². The number of hydrogen-bond acceptors (Lipinski definition) is 5. The van der Waals surface area contributed by atoms with Gasteiger partial charge in [-0.1, -0.05) is 18.2 Å². The third-order valence-electron chi connectivity index (χ3n) is 4.43. The van der Waals surface area contributed by atoms with Crippen molar-refractivity contribution < 1.29 is 4.79 Å². The third-order valence-corrected chi connectivity index (χ3v) is 4.43. The molecule has 0 atom stereocenters. The molecular formula is C20H19N5O. The van der Waals surface area contributed by atoms with Crippen molar-refractivity contribution in [2.24, 2.45) is 0 Å². The molecule has 1 amide bonds. The highest BCUT2D eigenvalue weighted by Crippen LogP contribution is 2.31.